The Hall–Kier alpha value is -2.43. The van der Waals surface area contributed by atoms with Gasteiger partial charge in [0.1, 0.15) is 11.5 Å². The molecule has 1 amide bonds. The molecule has 0 fully saturated rings. The van der Waals surface area contributed by atoms with Crippen LogP contribution >= 0.6 is 0 Å². The van der Waals surface area contributed by atoms with Crippen molar-refractivity contribution in [3.05, 3.63) is 47.4 Å². The molecule has 5 nitrogen and oxygen atoms in total. The van der Waals surface area contributed by atoms with Crippen LogP contribution in [-0.2, 0) is 0 Å². The van der Waals surface area contributed by atoms with Crippen molar-refractivity contribution < 1.29 is 4.79 Å². The van der Waals surface area contributed by atoms with Gasteiger partial charge in [0.05, 0.1) is 11.4 Å². The first kappa shape index (κ1) is 13.0. The zero-order chi connectivity index (χ0) is 13.8. The summed E-state index contributed by atoms with van der Waals surface area (Å²) in [4.78, 5) is 20.6. The second-order valence-electron chi connectivity index (χ2n) is 4.20. The number of aryl methyl sites for hydroxylation is 2. The van der Waals surface area contributed by atoms with E-state index < -0.39 is 0 Å². The van der Waals surface area contributed by atoms with Crippen molar-refractivity contribution >= 4 is 17.4 Å². The second kappa shape index (κ2) is 5.48. The van der Waals surface area contributed by atoms with Crippen LogP contribution in [0.5, 0.6) is 0 Å². The predicted octanol–water partition coefficient (Wildman–Crippen LogP) is 2.39. The maximum Gasteiger partial charge on any atom is 0.274 e. The van der Waals surface area contributed by atoms with Crippen molar-refractivity contribution in [2.45, 2.75) is 13.8 Å². The lowest BCUT2D eigenvalue weighted by atomic mass is 10.2. The van der Waals surface area contributed by atoms with Gasteiger partial charge in [-0.3, -0.25) is 9.78 Å². The van der Waals surface area contributed by atoms with E-state index in [2.05, 4.69) is 20.6 Å². The van der Waals surface area contributed by atoms with Gasteiger partial charge in [0.15, 0.2) is 0 Å². The van der Waals surface area contributed by atoms with Crippen molar-refractivity contribution in [2.75, 3.05) is 17.7 Å². The molecule has 0 bridgehead atoms. The van der Waals surface area contributed by atoms with Gasteiger partial charge in [-0.05, 0) is 38.1 Å². The molecule has 0 spiro atoms. The summed E-state index contributed by atoms with van der Waals surface area (Å²) in [6.45, 7) is 3.77. The van der Waals surface area contributed by atoms with E-state index in [0.717, 1.165) is 11.4 Å². The molecule has 0 atom stereocenters. The maximum atomic E-state index is 12.1. The Morgan fingerprint density at radius 3 is 2.58 bits per heavy atom. The number of hydrogen-bond acceptors (Lipinski definition) is 4. The summed E-state index contributed by atoms with van der Waals surface area (Å²) in [6, 6.07) is 8.97. The number of anilines is 2. The maximum absolute atomic E-state index is 12.1. The molecular formula is C14H16N4O. The number of nitrogens with zero attached hydrogens (tertiary/aromatic N) is 2. The summed E-state index contributed by atoms with van der Waals surface area (Å²) in [5, 5.41) is 5.71. The summed E-state index contributed by atoms with van der Waals surface area (Å²) in [5.41, 5.74) is 2.78. The van der Waals surface area contributed by atoms with Gasteiger partial charge >= 0.3 is 0 Å². The molecule has 2 aromatic rings. The Kier molecular flexibility index (Phi) is 3.75. The third kappa shape index (κ3) is 3.07. The Bertz CT molecular complexity index is 610. The van der Waals surface area contributed by atoms with Crippen LogP contribution in [0.15, 0.2) is 30.3 Å². The molecule has 0 aliphatic heterocycles. The molecule has 2 aromatic heterocycles. The first-order valence-electron chi connectivity index (χ1n) is 6.00. The van der Waals surface area contributed by atoms with Crippen LogP contribution in [0.1, 0.15) is 21.9 Å². The molecule has 98 valence electrons. The van der Waals surface area contributed by atoms with E-state index in [9.17, 15) is 4.79 Å². The van der Waals surface area contributed by atoms with Gasteiger partial charge in [-0.25, -0.2) is 4.98 Å². The van der Waals surface area contributed by atoms with E-state index in [1.165, 1.54) is 0 Å². The molecule has 2 rings (SSSR count). The second-order valence-corrected chi connectivity index (χ2v) is 4.20. The summed E-state index contributed by atoms with van der Waals surface area (Å²) in [6.07, 6.45) is 0. The van der Waals surface area contributed by atoms with E-state index in [-0.39, 0.29) is 5.91 Å². The average molecular weight is 256 g/mol. The molecule has 0 aliphatic carbocycles. The Morgan fingerprint density at radius 1 is 1.11 bits per heavy atom. The van der Waals surface area contributed by atoms with Crippen molar-refractivity contribution in [3.8, 4) is 0 Å². The Balaban J connectivity index is 2.20. The fraction of sp³-hybridized carbons (Fsp3) is 0.214. The zero-order valence-corrected chi connectivity index (χ0v) is 11.2. The van der Waals surface area contributed by atoms with Gasteiger partial charge in [0, 0.05) is 12.7 Å². The number of carbonyl (C=O) groups excluding carboxylic acids is 1. The Morgan fingerprint density at radius 2 is 1.89 bits per heavy atom. The lowest BCUT2D eigenvalue weighted by Gasteiger charge is -2.08. The van der Waals surface area contributed by atoms with E-state index in [1.807, 2.05) is 26.0 Å². The fourth-order valence-corrected chi connectivity index (χ4v) is 1.71. The van der Waals surface area contributed by atoms with Crippen LogP contribution in [0.2, 0.25) is 0 Å². The first-order valence-corrected chi connectivity index (χ1v) is 6.00. The van der Waals surface area contributed by atoms with Gasteiger partial charge < -0.3 is 10.6 Å². The summed E-state index contributed by atoms with van der Waals surface area (Å²) >= 11 is 0. The molecule has 0 saturated heterocycles. The molecular weight excluding hydrogens is 240 g/mol. The normalized spacial score (nSPS) is 10.1. The lowest BCUT2D eigenvalue weighted by molar-refractivity contribution is 0.102. The highest BCUT2D eigenvalue weighted by molar-refractivity contribution is 6.03. The van der Waals surface area contributed by atoms with E-state index in [1.54, 1.807) is 25.2 Å². The van der Waals surface area contributed by atoms with Crippen LogP contribution < -0.4 is 10.6 Å². The van der Waals surface area contributed by atoms with Crippen LogP contribution in [0.3, 0.4) is 0 Å². The standard InChI is InChI=1S/C14H16N4O/c1-9-7-8-11(10(2)16-9)18-14(19)12-5-4-6-13(15-3)17-12/h4-8H,1-3H3,(H,15,17)(H,18,19). The lowest BCUT2D eigenvalue weighted by Crippen LogP contribution is -2.15. The van der Waals surface area contributed by atoms with Crippen LogP contribution in [0.25, 0.3) is 0 Å². The molecule has 0 aromatic carbocycles. The molecule has 0 unspecified atom stereocenters. The molecule has 19 heavy (non-hydrogen) atoms. The minimum Gasteiger partial charge on any atom is -0.373 e. The SMILES string of the molecule is CNc1cccc(C(=O)Nc2ccc(C)nc2C)n1. The van der Waals surface area contributed by atoms with Crippen LogP contribution in [0, 0.1) is 13.8 Å². The molecule has 0 saturated carbocycles. The van der Waals surface area contributed by atoms with E-state index >= 15 is 0 Å². The predicted molar refractivity (Wildman–Crippen MR) is 75.4 cm³/mol. The topological polar surface area (TPSA) is 66.9 Å². The number of nitrogens with one attached hydrogen (secondary N) is 2. The largest absolute Gasteiger partial charge is 0.373 e. The molecule has 2 heterocycles. The van der Waals surface area contributed by atoms with Gasteiger partial charge in [0.25, 0.3) is 5.91 Å². The fourth-order valence-electron chi connectivity index (χ4n) is 1.71. The van der Waals surface area contributed by atoms with Crippen molar-refractivity contribution in [1.29, 1.82) is 0 Å². The molecule has 5 heteroatoms. The Labute approximate surface area is 112 Å². The highest BCUT2D eigenvalue weighted by Gasteiger charge is 2.10. The summed E-state index contributed by atoms with van der Waals surface area (Å²) in [7, 11) is 1.76. The first-order chi connectivity index (χ1) is 9.10. The molecule has 2 N–H and O–H groups in total. The molecule has 0 radical (unpaired) electrons. The van der Waals surface area contributed by atoms with Gasteiger partial charge in [-0.1, -0.05) is 6.07 Å². The highest BCUT2D eigenvalue weighted by atomic mass is 16.1. The number of aromatic nitrogens is 2. The molecule has 0 aliphatic rings. The zero-order valence-electron chi connectivity index (χ0n) is 11.2. The monoisotopic (exact) mass is 256 g/mol. The quantitative estimate of drug-likeness (QED) is 0.884. The number of carbonyl (C=O) groups is 1. The van der Waals surface area contributed by atoms with Crippen molar-refractivity contribution in [1.82, 2.24) is 9.97 Å². The highest BCUT2D eigenvalue weighted by Crippen LogP contribution is 2.14. The minimum absolute atomic E-state index is 0.245. The van der Waals surface area contributed by atoms with E-state index in [0.29, 0.717) is 17.2 Å². The van der Waals surface area contributed by atoms with E-state index in [4.69, 9.17) is 0 Å². The van der Waals surface area contributed by atoms with Gasteiger partial charge in [-0.15, -0.1) is 0 Å². The summed E-state index contributed by atoms with van der Waals surface area (Å²) < 4.78 is 0. The van der Waals surface area contributed by atoms with Crippen LogP contribution in [-0.4, -0.2) is 22.9 Å². The van der Waals surface area contributed by atoms with Crippen molar-refractivity contribution in [2.24, 2.45) is 0 Å². The van der Waals surface area contributed by atoms with Gasteiger partial charge in [0.2, 0.25) is 0 Å². The minimum atomic E-state index is -0.245. The van der Waals surface area contributed by atoms with Crippen LogP contribution in [0.4, 0.5) is 11.5 Å². The number of pyridine rings is 2. The third-order valence-corrected chi connectivity index (χ3v) is 2.71. The van der Waals surface area contributed by atoms with Crippen molar-refractivity contribution in [3.63, 3.8) is 0 Å². The number of amides is 1. The van der Waals surface area contributed by atoms with Gasteiger partial charge in [-0.2, -0.15) is 0 Å². The number of rotatable bonds is 3. The smallest absolute Gasteiger partial charge is 0.274 e. The number of hydrogen-bond donors (Lipinski definition) is 2. The average Bonchev–Trinajstić information content (AvgIpc) is 2.42. The summed E-state index contributed by atoms with van der Waals surface area (Å²) in [5.74, 6) is 0.414. The third-order valence-electron chi connectivity index (χ3n) is 2.71.